The predicted molar refractivity (Wildman–Crippen MR) is 67.8 cm³/mol. The molecule has 1 aliphatic rings. The van der Waals surface area contributed by atoms with Gasteiger partial charge in [0.25, 0.3) is 5.91 Å². The van der Waals surface area contributed by atoms with E-state index in [0.29, 0.717) is 12.8 Å². The third-order valence-corrected chi connectivity index (χ3v) is 3.53. The molecule has 20 heavy (non-hydrogen) atoms. The van der Waals surface area contributed by atoms with Crippen molar-refractivity contribution in [2.45, 2.75) is 25.8 Å². The number of primary amides is 1. The van der Waals surface area contributed by atoms with Crippen molar-refractivity contribution >= 4 is 17.7 Å². The maximum absolute atomic E-state index is 12.3. The Hall–Kier alpha value is -2.38. The van der Waals surface area contributed by atoms with Crippen LogP contribution >= 0.6 is 0 Å². The topological polar surface area (TPSA) is 120 Å². The summed E-state index contributed by atoms with van der Waals surface area (Å²) in [6, 6.07) is 2.33. The molecule has 2 amide bonds. The molecule has 2 unspecified atom stereocenters. The standard InChI is InChI=1S/C12H15N3O5/c1-7-2-3-8(11(13)16)6-14(7)12(17)9-4-5-10(20-9)15(18)19/h4-5,7-8H,2-3,6H2,1H3,(H2,13,16). The van der Waals surface area contributed by atoms with Crippen molar-refractivity contribution in [1.82, 2.24) is 4.90 Å². The van der Waals surface area contributed by atoms with Crippen LogP contribution in [-0.2, 0) is 4.79 Å². The molecule has 1 aromatic heterocycles. The van der Waals surface area contributed by atoms with Gasteiger partial charge in [-0.2, -0.15) is 0 Å². The molecule has 1 fully saturated rings. The van der Waals surface area contributed by atoms with Crippen molar-refractivity contribution in [1.29, 1.82) is 0 Å². The SMILES string of the molecule is CC1CCC(C(N)=O)CN1C(=O)c1ccc([N+](=O)[O-])o1. The molecule has 2 N–H and O–H groups in total. The summed E-state index contributed by atoms with van der Waals surface area (Å²) in [6.07, 6.45) is 1.29. The number of rotatable bonds is 3. The van der Waals surface area contributed by atoms with Gasteiger partial charge in [0.15, 0.2) is 5.76 Å². The lowest BCUT2D eigenvalue weighted by Crippen LogP contribution is -2.48. The maximum Gasteiger partial charge on any atom is 0.433 e. The van der Waals surface area contributed by atoms with E-state index in [1.807, 2.05) is 6.92 Å². The minimum absolute atomic E-state index is 0.0674. The Morgan fingerprint density at radius 1 is 1.45 bits per heavy atom. The second-order valence-electron chi connectivity index (χ2n) is 4.88. The van der Waals surface area contributed by atoms with Crippen LogP contribution in [0.3, 0.4) is 0 Å². The Labute approximate surface area is 114 Å². The van der Waals surface area contributed by atoms with Crippen molar-refractivity contribution < 1.29 is 18.9 Å². The molecule has 0 spiro atoms. The first kappa shape index (κ1) is 14.0. The van der Waals surface area contributed by atoms with Gasteiger partial charge < -0.3 is 15.1 Å². The van der Waals surface area contributed by atoms with Gasteiger partial charge in [-0.3, -0.25) is 19.7 Å². The van der Waals surface area contributed by atoms with Crippen LogP contribution in [0, 0.1) is 16.0 Å². The zero-order valence-corrected chi connectivity index (χ0v) is 10.9. The van der Waals surface area contributed by atoms with Crippen molar-refractivity contribution in [2.24, 2.45) is 11.7 Å². The molecule has 2 rings (SSSR count). The Morgan fingerprint density at radius 2 is 2.15 bits per heavy atom. The lowest BCUT2D eigenvalue weighted by atomic mass is 9.93. The first-order valence-corrected chi connectivity index (χ1v) is 6.24. The van der Waals surface area contributed by atoms with E-state index in [0.717, 1.165) is 6.07 Å². The second-order valence-corrected chi connectivity index (χ2v) is 4.88. The third-order valence-electron chi connectivity index (χ3n) is 3.53. The van der Waals surface area contributed by atoms with Gasteiger partial charge in [-0.25, -0.2) is 0 Å². The molecule has 2 atom stereocenters. The lowest BCUT2D eigenvalue weighted by molar-refractivity contribution is -0.402. The molecule has 0 aromatic carbocycles. The largest absolute Gasteiger partial charge is 0.433 e. The quantitative estimate of drug-likeness (QED) is 0.652. The maximum atomic E-state index is 12.3. The van der Waals surface area contributed by atoms with E-state index in [1.54, 1.807) is 0 Å². The molecule has 0 radical (unpaired) electrons. The van der Waals surface area contributed by atoms with Gasteiger partial charge in [0.2, 0.25) is 5.91 Å². The van der Waals surface area contributed by atoms with Crippen LogP contribution in [0.4, 0.5) is 5.88 Å². The van der Waals surface area contributed by atoms with Gasteiger partial charge in [-0.1, -0.05) is 0 Å². The van der Waals surface area contributed by atoms with E-state index in [1.165, 1.54) is 11.0 Å². The summed E-state index contributed by atoms with van der Waals surface area (Å²) < 4.78 is 4.90. The molecule has 108 valence electrons. The number of likely N-dealkylation sites (tertiary alicyclic amines) is 1. The van der Waals surface area contributed by atoms with E-state index in [9.17, 15) is 19.7 Å². The highest BCUT2D eigenvalue weighted by Crippen LogP contribution is 2.25. The summed E-state index contributed by atoms with van der Waals surface area (Å²) in [5, 5.41) is 10.5. The first-order valence-electron chi connectivity index (χ1n) is 6.24. The van der Waals surface area contributed by atoms with E-state index in [2.05, 4.69) is 0 Å². The number of furan rings is 1. The van der Waals surface area contributed by atoms with Gasteiger partial charge >= 0.3 is 5.88 Å². The normalized spacial score (nSPS) is 22.6. The average Bonchev–Trinajstić information content (AvgIpc) is 2.88. The van der Waals surface area contributed by atoms with Crippen molar-refractivity contribution in [3.05, 3.63) is 28.0 Å². The first-order chi connectivity index (χ1) is 9.40. The van der Waals surface area contributed by atoms with Crippen LogP contribution in [0.15, 0.2) is 16.5 Å². The Kier molecular flexibility index (Phi) is 3.73. The summed E-state index contributed by atoms with van der Waals surface area (Å²) in [5.41, 5.74) is 5.27. The fraction of sp³-hybridized carbons (Fsp3) is 0.500. The number of hydrogen-bond donors (Lipinski definition) is 1. The van der Waals surface area contributed by atoms with Gasteiger partial charge in [-0.05, 0) is 25.8 Å². The minimum Gasteiger partial charge on any atom is -0.395 e. The zero-order valence-electron chi connectivity index (χ0n) is 10.9. The van der Waals surface area contributed by atoms with Gasteiger partial charge in [-0.15, -0.1) is 0 Å². The van der Waals surface area contributed by atoms with Crippen molar-refractivity contribution in [3.63, 3.8) is 0 Å². The van der Waals surface area contributed by atoms with Gasteiger partial charge in [0, 0.05) is 12.6 Å². The van der Waals surface area contributed by atoms with Crippen LogP contribution < -0.4 is 5.73 Å². The van der Waals surface area contributed by atoms with E-state index < -0.39 is 22.6 Å². The average molecular weight is 281 g/mol. The van der Waals surface area contributed by atoms with Crippen LogP contribution in [0.1, 0.15) is 30.3 Å². The molecular formula is C12H15N3O5. The molecule has 1 saturated heterocycles. The van der Waals surface area contributed by atoms with Crippen LogP contribution in [-0.4, -0.2) is 34.2 Å². The van der Waals surface area contributed by atoms with Gasteiger partial charge in [0.1, 0.15) is 4.92 Å². The summed E-state index contributed by atoms with van der Waals surface area (Å²) in [7, 11) is 0. The van der Waals surface area contributed by atoms with E-state index >= 15 is 0 Å². The number of nitrogens with two attached hydrogens (primary N) is 1. The van der Waals surface area contributed by atoms with E-state index in [4.69, 9.17) is 10.2 Å². The number of piperidine rings is 1. The predicted octanol–water partition coefficient (Wildman–Crippen LogP) is 0.914. The molecular weight excluding hydrogens is 266 g/mol. The third kappa shape index (κ3) is 2.63. The van der Waals surface area contributed by atoms with Crippen LogP contribution in [0.5, 0.6) is 0 Å². The highest BCUT2D eigenvalue weighted by Gasteiger charge is 2.33. The number of nitrogens with zero attached hydrogens (tertiary/aromatic N) is 2. The van der Waals surface area contributed by atoms with Crippen molar-refractivity contribution in [2.75, 3.05) is 6.54 Å². The Morgan fingerprint density at radius 3 is 2.70 bits per heavy atom. The fourth-order valence-corrected chi connectivity index (χ4v) is 2.30. The molecule has 1 aromatic rings. The molecule has 0 aliphatic carbocycles. The smallest absolute Gasteiger partial charge is 0.395 e. The molecule has 0 saturated carbocycles. The number of nitro groups is 1. The summed E-state index contributed by atoms with van der Waals surface area (Å²) in [4.78, 5) is 34.8. The molecule has 1 aliphatic heterocycles. The summed E-state index contributed by atoms with van der Waals surface area (Å²) >= 11 is 0. The highest BCUT2D eigenvalue weighted by molar-refractivity contribution is 5.92. The number of amides is 2. The Balaban J connectivity index is 2.17. The molecule has 0 bridgehead atoms. The minimum atomic E-state index is -0.706. The molecule has 8 heteroatoms. The fourth-order valence-electron chi connectivity index (χ4n) is 2.30. The van der Waals surface area contributed by atoms with E-state index in [-0.39, 0.29) is 24.3 Å². The van der Waals surface area contributed by atoms with Gasteiger partial charge in [0.05, 0.1) is 12.0 Å². The number of hydrogen-bond acceptors (Lipinski definition) is 5. The van der Waals surface area contributed by atoms with Crippen LogP contribution in [0.25, 0.3) is 0 Å². The zero-order chi connectivity index (χ0) is 14.9. The number of carbonyl (C=O) groups excluding carboxylic acids is 2. The molecule has 8 nitrogen and oxygen atoms in total. The molecule has 2 heterocycles. The van der Waals surface area contributed by atoms with Crippen molar-refractivity contribution in [3.8, 4) is 0 Å². The second kappa shape index (κ2) is 5.32. The Bertz CT molecular complexity index is 553. The lowest BCUT2D eigenvalue weighted by Gasteiger charge is -2.36. The monoisotopic (exact) mass is 281 g/mol. The van der Waals surface area contributed by atoms with Crippen LogP contribution in [0.2, 0.25) is 0 Å². The summed E-state index contributed by atoms with van der Waals surface area (Å²) in [5.74, 6) is -1.88. The number of carbonyl (C=O) groups is 2. The summed E-state index contributed by atoms with van der Waals surface area (Å²) in [6.45, 7) is 2.07. The highest BCUT2D eigenvalue weighted by atomic mass is 16.6.